The average molecular weight is 327 g/mol. The van der Waals surface area contributed by atoms with E-state index in [2.05, 4.69) is 69.5 Å². The van der Waals surface area contributed by atoms with Crippen LogP contribution in [-0.4, -0.2) is 28.4 Å². The molecule has 0 aliphatic carbocycles. The van der Waals surface area contributed by atoms with E-state index in [-0.39, 0.29) is 0 Å². The molecule has 0 fully saturated rings. The Bertz CT molecular complexity index is 309. The summed E-state index contributed by atoms with van der Waals surface area (Å²) >= 11 is -1.79. The summed E-state index contributed by atoms with van der Waals surface area (Å²) in [5, 5.41) is 4.08. The first-order valence-electron chi connectivity index (χ1n) is 6.88. The molecular weight excluding hydrogens is 297 g/mol. The SMILES string of the molecule is C=C[Si](C)(C)[Si](C)(C)C#[C][Ge]([CH2]C)([CH2]C)[CH2]C. The van der Waals surface area contributed by atoms with E-state index in [4.69, 9.17) is 0 Å². The van der Waals surface area contributed by atoms with Gasteiger partial charge in [0.1, 0.15) is 0 Å². The number of rotatable bonds is 5. The Kier molecular flexibility index (Phi) is 6.55. The standard InChI is InChI=1S/C14H30GeSi2/c1-9-15(10-2,11-3)13-14-17(7,8)16(5,6)12-4/h12H,4,9-11H2,1-3,5-8H3. The molecule has 0 unspecified atom stereocenters. The van der Waals surface area contributed by atoms with Gasteiger partial charge in [0.2, 0.25) is 0 Å². The van der Waals surface area contributed by atoms with Crippen molar-refractivity contribution in [2.75, 3.05) is 0 Å². The fourth-order valence-electron chi connectivity index (χ4n) is 1.72. The number of hydrogen-bond acceptors (Lipinski definition) is 0. The topological polar surface area (TPSA) is 0 Å². The van der Waals surface area contributed by atoms with E-state index >= 15 is 0 Å². The van der Waals surface area contributed by atoms with Crippen molar-refractivity contribution in [3.63, 3.8) is 0 Å². The Morgan fingerprint density at radius 3 is 1.71 bits per heavy atom. The number of hydrogen-bond donors (Lipinski definition) is 0. The van der Waals surface area contributed by atoms with E-state index in [0.29, 0.717) is 0 Å². The summed E-state index contributed by atoms with van der Waals surface area (Å²) in [6.45, 7) is 20.9. The Morgan fingerprint density at radius 1 is 1.00 bits per heavy atom. The fraction of sp³-hybridized carbons (Fsp3) is 0.714. The Morgan fingerprint density at radius 2 is 1.41 bits per heavy atom. The van der Waals surface area contributed by atoms with Gasteiger partial charge in [-0.1, -0.05) is 0 Å². The van der Waals surface area contributed by atoms with Crippen LogP contribution in [0.15, 0.2) is 12.3 Å². The molecule has 0 amide bonds. The van der Waals surface area contributed by atoms with Crippen molar-refractivity contribution in [2.45, 2.75) is 62.7 Å². The van der Waals surface area contributed by atoms with Gasteiger partial charge in [-0.25, -0.2) is 0 Å². The summed E-state index contributed by atoms with van der Waals surface area (Å²) in [5.41, 5.74) is 6.05. The molecule has 0 saturated carbocycles. The quantitative estimate of drug-likeness (QED) is 0.503. The molecule has 0 aromatic carbocycles. The van der Waals surface area contributed by atoms with Crippen LogP contribution in [0.25, 0.3) is 0 Å². The van der Waals surface area contributed by atoms with E-state index in [0.717, 1.165) is 0 Å². The average Bonchev–Trinajstić information content (AvgIpc) is 2.31. The predicted molar refractivity (Wildman–Crippen MR) is 90.1 cm³/mol. The first-order valence-corrected chi connectivity index (χ1v) is 19.5. The second-order valence-electron chi connectivity index (χ2n) is 6.14. The molecule has 0 radical (unpaired) electrons. The molecule has 0 aromatic heterocycles. The van der Waals surface area contributed by atoms with Crippen LogP contribution in [0.5, 0.6) is 0 Å². The summed E-state index contributed by atoms with van der Waals surface area (Å²) in [7, 11) is -2.67. The third kappa shape index (κ3) is 4.15. The van der Waals surface area contributed by atoms with Crippen molar-refractivity contribution in [3.05, 3.63) is 12.3 Å². The van der Waals surface area contributed by atoms with E-state index in [1.165, 1.54) is 15.8 Å². The van der Waals surface area contributed by atoms with Crippen molar-refractivity contribution in [1.82, 2.24) is 0 Å². The summed E-state index contributed by atoms with van der Waals surface area (Å²) in [5.74, 6) is 0. The molecule has 0 spiro atoms. The monoisotopic (exact) mass is 328 g/mol. The molecule has 0 bridgehead atoms. The van der Waals surface area contributed by atoms with Gasteiger partial charge in [0.25, 0.3) is 0 Å². The molecule has 0 aliphatic rings. The normalized spacial score (nSPS) is 12.9. The first-order chi connectivity index (χ1) is 7.70. The maximum atomic E-state index is 4.05. The zero-order chi connectivity index (χ0) is 13.7. The Hall–Kier alpha value is 0.277. The van der Waals surface area contributed by atoms with Gasteiger partial charge in [-0.15, -0.1) is 0 Å². The van der Waals surface area contributed by atoms with E-state index in [1.807, 2.05) is 0 Å². The van der Waals surface area contributed by atoms with Gasteiger partial charge in [0.15, 0.2) is 0 Å². The van der Waals surface area contributed by atoms with Crippen molar-refractivity contribution < 1.29 is 0 Å². The van der Waals surface area contributed by atoms with Gasteiger partial charge >= 0.3 is 114 Å². The van der Waals surface area contributed by atoms with Crippen LogP contribution in [0, 0.1) is 10.3 Å². The Labute approximate surface area is 113 Å². The Balaban J connectivity index is 5.25. The van der Waals surface area contributed by atoms with Crippen LogP contribution in [0.1, 0.15) is 20.8 Å². The zero-order valence-electron chi connectivity index (χ0n) is 12.9. The third-order valence-electron chi connectivity index (χ3n) is 4.79. The van der Waals surface area contributed by atoms with Crippen molar-refractivity contribution in [2.24, 2.45) is 0 Å². The molecule has 98 valence electrons. The summed E-state index contributed by atoms with van der Waals surface area (Å²) in [6.07, 6.45) is 0. The first kappa shape index (κ1) is 17.3. The summed E-state index contributed by atoms with van der Waals surface area (Å²) in [6, 6.07) is 0. The maximum absolute atomic E-state index is 4.05. The zero-order valence-corrected chi connectivity index (χ0v) is 17.0. The van der Waals surface area contributed by atoms with Crippen molar-refractivity contribution in [1.29, 1.82) is 0 Å². The van der Waals surface area contributed by atoms with Crippen LogP contribution < -0.4 is 0 Å². The molecule has 0 heterocycles. The van der Waals surface area contributed by atoms with Crippen LogP contribution in [0.2, 0.25) is 41.9 Å². The van der Waals surface area contributed by atoms with Crippen LogP contribution in [0.3, 0.4) is 0 Å². The molecule has 0 aromatic rings. The second kappa shape index (κ2) is 6.45. The van der Waals surface area contributed by atoms with Gasteiger partial charge < -0.3 is 0 Å². The minimum absolute atomic E-state index is 1.28. The van der Waals surface area contributed by atoms with Gasteiger partial charge in [-0.2, -0.15) is 0 Å². The molecule has 3 heteroatoms. The molecule has 0 aliphatic heterocycles. The van der Waals surface area contributed by atoms with Gasteiger partial charge in [0, 0.05) is 0 Å². The molecule has 0 atom stereocenters. The molecular formula is C14H30GeSi2. The van der Waals surface area contributed by atoms with E-state index in [1.54, 1.807) is 0 Å². The van der Waals surface area contributed by atoms with Crippen molar-refractivity contribution in [3.8, 4) is 10.3 Å². The second-order valence-corrected chi connectivity index (χ2v) is 31.5. The third-order valence-corrected chi connectivity index (χ3v) is 30.9. The van der Waals surface area contributed by atoms with Crippen LogP contribution >= 0.6 is 0 Å². The van der Waals surface area contributed by atoms with Crippen molar-refractivity contribution >= 4 is 28.4 Å². The molecule has 0 saturated heterocycles. The summed E-state index contributed by atoms with van der Waals surface area (Å²) < 4.78 is 3.85. The molecule has 0 nitrogen and oxygen atoms in total. The van der Waals surface area contributed by atoms with Gasteiger partial charge in [0.05, 0.1) is 0 Å². The molecule has 17 heavy (non-hydrogen) atoms. The summed E-state index contributed by atoms with van der Waals surface area (Å²) in [4.78, 5) is 0. The molecule has 0 rings (SSSR count). The van der Waals surface area contributed by atoms with Gasteiger partial charge in [-0.3, -0.25) is 0 Å². The van der Waals surface area contributed by atoms with Crippen LogP contribution in [-0.2, 0) is 0 Å². The van der Waals surface area contributed by atoms with E-state index < -0.39 is 28.4 Å². The van der Waals surface area contributed by atoms with Crippen LogP contribution in [0.4, 0.5) is 0 Å². The van der Waals surface area contributed by atoms with E-state index in [9.17, 15) is 0 Å². The molecule has 0 N–H and O–H groups in total. The van der Waals surface area contributed by atoms with Gasteiger partial charge in [-0.05, 0) is 0 Å². The predicted octanol–water partition coefficient (Wildman–Crippen LogP) is 4.80. The fourth-order valence-corrected chi connectivity index (χ4v) is 14.5. The minimum atomic E-state index is -1.79.